The van der Waals surface area contributed by atoms with E-state index in [0.717, 1.165) is 12.1 Å². The Morgan fingerprint density at radius 3 is 2.45 bits per heavy atom. The summed E-state index contributed by atoms with van der Waals surface area (Å²) in [5, 5.41) is 12.4. The molecule has 2 heterocycles. The van der Waals surface area contributed by atoms with E-state index in [0.29, 0.717) is 38.7 Å². The molecule has 1 aromatic rings. The maximum Gasteiger partial charge on any atom is 0.248 e. The van der Waals surface area contributed by atoms with Crippen LogP contribution in [0.25, 0.3) is 0 Å². The Kier molecular flexibility index (Phi) is 6.07. The molecule has 1 aliphatic carbocycles. The second-order valence-electron chi connectivity index (χ2n) is 8.85. The number of benzene rings is 1. The summed E-state index contributed by atoms with van der Waals surface area (Å²) < 4.78 is 74.0. The minimum atomic E-state index is -4.05. The fourth-order valence-electron chi connectivity index (χ4n) is 4.88. The van der Waals surface area contributed by atoms with Crippen LogP contribution in [0.15, 0.2) is 23.1 Å². The fourth-order valence-corrected chi connectivity index (χ4v) is 6.42. The number of nitrogens with zero attached hydrogens (tertiary/aromatic N) is 2. The van der Waals surface area contributed by atoms with Crippen LogP contribution in [0.1, 0.15) is 50.5 Å². The smallest absolute Gasteiger partial charge is 0.248 e. The highest BCUT2D eigenvalue weighted by Crippen LogP contribution is 2.39. The molecule has 2 saturated heterocycles. The van der Waals surface area contributed by atoms with Gasteiger partial charge in [-0.05, 0) is 50.3 Å². The van der Waals surface area contributed by atoms with E-state index in [1.807, 2.05) is 6.07 Å². The zero-order valence-electron chi connectivity index (χ0n) is 17.1. The zero-order chi connectivity index (χ0) is 22.3. The summed E-state index contributed by atoms with van der Waals surface area (Å²) in [5.41, 5.74) is -0.364. The molecular weight excluding hydrogens is 431 g/mol. The maximum absolute atomic E-state index is 14.2. The van der Waals surface area contributed by atoms with Gasteiger partial charge in [0.2, 0.25) is 15.9 Å². The van der Waals surface area contributed by atoms with E-state index < -0.39 is 32.3 Å². The van der Waals surface area contributed by atoms with E-state index in [1.54, 1.807) is 0 Å². The molecule has 0 aromatic heterocycles. The molecule has 4 rings (SSSR count). The first-order chi connectivity index (χ1) is 14.6. The first kappa shape index (κ1) is 22.5. The van der Waals surface area contributed by atoms with Crippen LogP contribution in [-0.4, -0.2) is 56.0 Å². The van der Waals surface area contributed by atoms with E-state index in [-0.39, 0.29) is 43.6 Å². The van der Waals surface area contributed by atoms with Gasteiger partial charge in [-0.15, -0.1) is 0 Å². The lowest BCUT2D eigenvalue weighted by atomic mass is 9.87. The number of sulfonamides is 1. The number of hydrogen-bond acceptors (Lipinski definition) is 5. The molecule has 6 nitrogen and oxygen atoms in total. The molecular formula is C21H26F3N3O3S. The molecule has 3 aliphatic rings. The molecule has 1 aromatic carbocycles. The minimum absolute atomic E-state index is 0.0548. The van der Waals surface area contributed by atoms with Gasteiger partial charge in [-0.25, -0.2) is 21.6 Å². The lowest BCUT2D eigenvalue weighted by Crippen LogP contribution is -2.47. The van der Waals surface area contributed by atoms with Crippen molar-refractivity contribution in [3.8, 4) is 6.07 Å². The summed E-state index contributed by atoms with van der Waals surface area (Å²) in [6.45, 7) is 0.861. The molecule has 2 aliphatic heterocycles. The number of hydrogen-bond donors (Lipinski definition) is 1. The molecule has 0 radical (unpaired) electrons. The molecule has 10 heteroatoms. The number of rotatable bonds is 4. The topological polar surface area (TPSA) is 82.4 Å². The van der Waals surface area contributed by atoms with Crippen LogP contribution >= 0.6 is 0 Å². The average Bonchev–Trinajstić information content (AvgIpc) is 3.12. The molecule has 1 saturated carbocycles. The highest BCUT2D eigenvalue weighted by Gasteiger charge is 2.46. The molecule has 31 heavy (non-hydrogen) atoms. The monoisotopic (exact) mass is 457 g/mol. The Bertz CT molecular complexity index is 962. The largest absolute Gasteiger partial charge is 0.373 e. The van der Waals surface area contributed by atoms with Crippen LogP contribution in [-0.2, 0) is 14.8 Å². The van der Waals surface area contributed by atoms with E-state index in [9.17, 15) is 21.6 Å². The van der Waals surface area contributed by atoms with Crippen molar-refractivity contribution in [2.24, 2.45) is 0 Å². The van der Waals surface area contributed by atoms with Crippen molar-refractivity contribution >= 4 is 10.0 Å². The highest BCUT2D eigenvalue weighted by atomic mass is 32.2. The van der Waals surface area contributed by atoms with E-state index in [2.05, 4.69) is 5.32 Å². The SMILES string of the molecule is N#Cc1ccc(F)c(S(=O)(=O)N2CCC3(CC2)CC(NC2CCC(F)(F)CC2)CO3)c1. The van der Waals surface area contributed by atoms with E-state index in [4.69, 9.17) is 10.00 Å². The number of piperidine rings is 1. The van der Waals surface area contributed by atoms with Crippen LogP contribution in [0.5, 0.6) is 0 Å². The van der Waals surface area contributed by atoms with Gasteiger partial charge in [-0.3, -0.25) is 0 Å². The van der Waals surface area contributed by atoms with Gasteiger partial charge in [0.1, 0.15) is 10.7 Å². The van der Waals surface area contributed by atoms with Crippen molar-refractivity contribution in [3.63, 3.8) is 0 Å². The normalized spacial score (nSPS) is 26.7. The summed E-state index contributed by atoms with van der Waals surface area (Å²) >= 11 is 0. The van der Waals surface area contributed by atoms with Crippen molar-refractivity contribution < 1.29 is 26.3 Å². The van der Waals surface area contributed by atoms with Gasteiger partial charge in [0, 0.05) is 38.0 Å². The first-order valence-corrected chi connectivity index (χ1v) is 12.0. The van der Waals surface area contributed by atoms with Crippen molar-refractivity contribution in [3.05, 3.63) is 29.6 Å². The molecule has 3 fully saturated rings. The van der Waals surface area contributed by atoms with Gasteiger partial charge in [0.15, 0.2) is 0 Å². The third-order valence-electron chi connectivity index (χ3n) is 6.71. The fraction of sp³-hybridized carbons (Fsp3) is 0.667. The number of halogens is 3. The zero-order valence-corrected chi connectivity index (χ0v) is 17.9. The molecule has 1 spiro atoms. The average molecular weight is 458 g/mol. The summed E-state index contributed by atoms with van der Waals surface area (Å²) in [6.07, 6.45) is 2.34. The van der Waals surface area contributed by atoms with Crippen LogP contribution in [0.4, 0.5) is 13.2 Å². The van der Waals surface area contributed by atoms with Gasteiger partial charge in [-0.1, -0.05) is 0 Å². The summed E-state index contributed by atoms with van der Waals surface area (Å²) in [6, 6.07) is 5.25. The standard InChI is InChI=1S/C21H26F3N3O3S/c22-18-2-1-15(13-25)11-19(18)31(28,29)27-9-7-20(8-10-27)12-17(14-30-20)26-16-3-5-21(23,24)6-4-16/h1-2,11,16-17,26H,3-10,12,14H2. The first-order valence-electron chi connectivity index (χ1n) is 10.6. The molecule has 170 valence electrons. The number of nitriles is 1. The van der Waals surface area contributed by atoms with Crippen LogP contribution in [0.3, 0.4) is 0 Å². The Balaban J connectivity index is 1.35. The van der Waals surface area contributed by atoms with Gasteiger partial charge in [0.25, 0.3) is 0 Å². The quantitative estimate of drug-likeness (QED) is 0.751. The summed E-state index contributed by atoms with van der Waals surface area (Å²) in [7, 11) is -4.05. The molecule has 0 amide bonds. The number of ether oxygens (including phenoxy) is 1. The Hall–Kier alpha value is -1.67. The predicted octanol–water partition coefficient (Wildman–Crippen LogP) is 3.18. The molecule has 1 unspecified atom stereocenters. The summed E-state index contributed by atoms with van der Waals surface area (Å²) in [4.78, 5) is -0.483. The number of nitrogens with one attached hydrogen (secondary N) is 1. The van der Waals surface area contributed by atoms with Crippen molar-refractivity contribution in [2.45, 2.75) is 73.4 Å². The maximum atomic E-state index is 14.2. The third kappa shape index (κ3) is 4.75. The van der Waals surface area contributed by atoms with Crippen molar-refractivity contribution in [1.29, 1.82) is 5.26 Å². The second-order valence-corrected chi connectivity index (χ2v) is 10.8. The van der Waals surface area contributed by atoms with Crippen LogP contribution < -0.4 is 5.32 Å². The lowest BCUT2D eigenvalue weighted by molar-refractivity contribution is -0.0414. The van der Waals surface area contributed by atoms with Gasteiger partial charge < -0.3 is 10.1 Å². The van der Waals surface area contributed by atoms with E-state index >= 15 is 0 Å². The van der Waals surface area contributed by atoms with Gasteiger partial charge in [-0.2, -0.15) is 9.57 Å². The predicted molar refractivity (Wildman–Crippen MR) is 107 cm³/mol. The Labute approximate surface area is 180 Å². The van der Waals surface area contributed by atoms with Gasteiger partial charge >= 0.3 is 0 Å². The van der Waals surface area contributed by atoms with E-state index in [1.165, 1.54) is 10.4 Å². The molecule has 0 bridgehead atoms. The Morgan fingerprint density at radius 1 is 1.13 bits per heavy atom. The lowest BCUT2D eigenvalue weighted by Gasteiger charge is -2.38. The molecule has 1 N–H and O–H groups in total. The van der Waals surface area contributed by atoms with Gasteiger partial charge in [0.05, 0.1) is 23.8 Å². The Morgan fingerprint density at radius 2 is 1.81 bits per heavy atom. The molecule has 1 atom stereocenters. The van der Waals surface area contributed by atoms with Crippen molar-refractivity contribution in [2.75, 3.05) is 19.7 Å². The van der Waals surface area contributed by atoms with Crippen LogP contribution in [0, 0.1) is 17.1 Å². The third-order valence-corrected chi connectivity index (χ3v) is 8.62. The minimum Gasteiger partial charge on any atom is -0.373 e. The summed E-state index contributed by atoms with van der Waals surface area (Å²) in [5.74, 6) is -3.44. The highest BCUT2D eigenvalue weighted by molar-refractivity contribution is 7.89. The van der Waals surface area contributed by atoms with Crippen LogP contribution in [0.2, 0.25) is 0 Å². The second kappa shape index (κ2) is 8.35. The number of alkyl halides is 2. The van der Waals surface area contributed by atoms with Crippen molar-refractivity contribution in [1.82, 2.24) is 9.62 Å².